The van der Waals surface area contributed by atoms with Gasteiger partial charge in [0.1, 0.15) is 11.9 Å². The van der Waals surface area contributed by atoms with E-state index < -0.39 is 0 Å². The summed E-state index contributed by atoms with van der Waals surface area (Å²) in [6, 6.07) is 17.3. The van der Waals surface area contributed by atoms with Crippen molar-refractivity contribution in [2.75, 3.05) is 19.8 Å². The molecule has 5 nitrogen and oxygen atoms in total. The fourth-order valence-electron chi connectivity index (χ4n) is 3.90. The first-order valence-corrected chi connectivity index (χ1v) is 9.68. The molecular formula is C23H25NO4. The molecule has 1 atom stereocenters. The van der Waals surface area contributed by atoms with Crippen LogP contribution in [-0.4, -0.2) is 29.9 Å². The molecule has 0 spiro atoms. The van der Waals surface area contributed by atoms with Crippen LogP contribution in [0.3, 0.4) is 0 Å². The quantitative estimate of drug-likeness (QED) is 0.709. The van der Waals surface area contributed by atoms with Gasteiger partial charge in [0.25, 0.3) is 0 Å². The summed E-state index contributed by atoms with van der Waals surface area (Å²) >= 11 is 0. The van der Waals surface area contributed by atoms with Crippen molar-refractivity contribution in [3.8, 4) is 5.75 Å². The van der Waals surface area contributed by atoms with Gasteiger partial charge in [0.15, 0.2) is 0 Å². The molecule has 1 saturated heterocycles. The van der Waals surface area contributed by atoms with Crippen LogP contribution in [-0.2, 0) is 10.2 Å². The van der Waals surface area contributed by atoms with Crippen molar-refractivity contribution in [3.63, 3.8) is 0 Å². The Hall–Kier alpha value is -2.63. The summed E-state index contributed by atoms with van der Waals surface area (Å²) in [6.07, 6.45) is 1.47. The van der Waals surface area contributed by atoms with Crippen molar-refractivity contribution < 1.29 is 14.6 Å². The third-order valence-corrected chi connectivity index (χ3v) is 5.73. The molecule has 28 heavy (non-hydrogen) atoms. The van der Waals surface area contributed by atoms with Crippen LogP contribution in [0.2, 0.25) is 0 Å². The van der Waals surface area contributed by atoms with Crippen molar-refractivity contribution >= 4 is 10.9 Å². The predicted molar refractivity (Wildman–Crippen MR) is 109 cm³/mol. The lowest BCUT2D eigenvalue weighted by Gasteiger charge is -2.36. The molecule has 4 rings (SSSR count). The Morgan fingerprint density at radius 2 is 1.96 bits per heavy atom. The molecule has 0 radical (unpaired) electrons. The number of H-pyrrole nitrogens is 1. The third kappa shape index (κ3) is 3.68. The molecule has 146 valence electrons. The van der Waals surface area contributed by atoms with E-state index in [0.717, 1.165) is 40.6 Å². The van der Waals surface area contributed by atoms with Crippen LogP contribution in [0.15, 0.2) is 59.4 Å². The summed E-state index contributed by atoms with van der Waals surface area (Å²) in [5, 5.41) is 11.0. The molecule has 2 heterocycles. The van der Waals surface area contributed by atoms with Gasteiger partial charge in [-0.05, 0) is 66.6 Å². The lowest BCUT2D eigenvalue weighted by molar-refractivity contribution is 0.0252. The largest absolute Gasteiger partial charge is 0.486 e. The van der Waals surface area contributed by atoms with Crippen LogP contribution >= 0.6 is 0 Å². The van der Waals surface area contributed by atoms with Gasteiger partial charge in [0.2, 0.25) is 5.56 Å². The van der Waals surface area contributed by atoms with Gasteiger partial charge in [-0.2, -0.15) is 0 Å². The van der Waals surface area contributed by atoms with Crippen molar-refractivity contribution in [1.82, 2.24) is 4.98 Å². The molecule has 2 N–H and O–H groups in total. The number of rotatable bonds is 5. The van der Waals surface area contributed by atoms with Gasteiger partial charge < -0.3 is 19.6 Å². The van der Waals surface area contributed by atoms with E-state index in [1.165, 1.54) is 6.07 Å². The number of hydrogen-bond donors (Lipinski definition) is 2. The first kappa shape index (κ1) is 18.7. The average Bonchev–Trinajstić information content (AvgIpc) is 2.74. The Kier molecular flexibility index (Phi) is 5.20. The highest BCUT2D eigenvalue weighted by molar-refractivity contribution is 5.79. The van der Waals surface area contributed by atoms with Crippen LogP contribution in [0.5, 0.6) is 5.75 Å². The van der Waals surface area contributed by atoms with Gasteiger partial charge in [-0.1, -0.05) is 18.2 Å². The Bertz CT molecular complexity index is 1020. The highest BCUT2D eigenvalue weighted by Crippen LogP contribution is 2.36. The third-order valence-electron chi connectivity index (χ3n) is 5.73. The number of pyridine rings is 1. The van der Waals surface area contributed by atoms with Gasteiger partial charge in [-0.15, -0.1) is 0 Å². The van der Waals surface area contributed by atoms with E-state index in [1.54, 1.807) is 0 Å². The van der Waals surface area contributed by atoms with Gasteiger partial charge in [0, 0.05) is 30.2 Å². The van der Waals surface area contributed by atoms with E-state index in [1.807, 2.05) is 49.4 Å². The lowest BCUT2D eigenvalue weighted by atomic mass is 9.75. The van der Waals surface area contributed by atoms with Gasteiger partial charge in [-0.25, -0.2) is 0 Å². The number of fused-ring (bicyclic) bond motifs is 1. The number of benzene rings is 2. The fraction of sp³-hybridized carbons (Fsp3) is 0.348. The molecule has 0 amide bonds. The standard InChI is InChI=1S/C23H25NO4/c1-16(17-5-7-21-18(13-17)6-8-22(26)24-21)28-20-4-2-3-19(14-20)23(15-25)9-11-27-12-10-23/h2-8,13-14,16,25H,9-12,15H2,1H3,(H,24,26). The molecule has 5 heteroatoms. The minimum atomic E-state index is -0.254. The van der Waals surface area contributed by atoms with E-state index in [0.29, 0.717) is 13.2 Å². The molecule has 2 aromatic carbocycles. The van der Waals surface area contributed by atoms with Gasteiger partial charge >= 0.3 is 0 Å². The molecule has 0 aliphatic carbocycles. The Morgan fingerprint density at radius 3 is 2.75 bits per heavy atom. The van der Waals surface area contributed by atoms with Crippen LogP contribution in [0, 0.1) is 0 Å². The molecular weight excluding hydrogens is 354 g/mol. The number of aliphatic hydroxyl groups is 1. The first-order chi connectivity index (χ1) is 13.6. The van der Waals surface area contributed by atoms with E-state index in [2.05, 4.69) is 11.1 Å². The van der Waals surface area contributed by atoms with Gasteiger partial charge in [0.05, 0.1) is 6.61 Å². The lowest BCUT2D eigenvalue weighted by Crippen LogP contribution is -2.37. The molecule has 1 fully saturated rings. The SMILES string of the molecule is CC(Oc1cccc(C2(CO)CCOCC2)c1)c1ccc2[nH]c(=O)ccc2c1. The monoisotopic (exact) mass is 379 g/mol. The Balaban J connectivity index is 1.57. The van der Waals surface area contributed by atoms with Crippen molar-refractivity contribution in [1.29, 1.82) is 0 Å². The number of hydrogen-bond acceptors (Lipinski definition) is 4. The maximum Gasteiger partial charge on any atom is 0.248 e. The number of aromatic amines is 1. The predicted octanol–water partition coefficient (Wildman–Crippen LogP) is 3.71. The van der Waals surface area contributed by atoms with E-state index in [-0.39, 0.29) is 23.7 Å². The second-order valence-electron chi connectivity index (χ2n) is 7.51. The summed E-state index contributed by atoms with van der Waals surface area (Å²) in [4.78, 5) is 14.3. The summed E-state index contributed by atoms with van der Waals surface area (Å²) < 4.78 is 11.7. The average molecular weight is 379 g/mol. The molecule has 0 saturated carbocycles. The summed E-state index contributed by atoms with van der Waals surface area (Å²) in [6.45, 7) is 3.45. The van der Waals surface area contributed by atoms with Crippen LogP contribution in [0.1, 0.15) is 37.0 Å². The van der Waals surface area contributed by atoms with Crippen molar-refractivity contribution in [2.45, 2.75) is 31.3 Å². The zero-order valence-corrected chi connectivity index (χ0v) is 16.0. The second-order valence-corrected chi connectivity index (χ2v) is 7.51. The minimum absolute atomic E-state index is 0.104. The summed E-state index contributed by atoms with van der Waals surface area (Å²) in [7, 11) is 0. The second kappa shape index (κ2) is 7.78. The molecule has 1 aliphatic heterocycles. The maximum absolute atomic E-state index is 11.5. The van der Waals surface area contributed by atoms with Crippen molar-refractivity contribution in [2.24, 2.45) is 0 Å². The van der Waals surface area contributed by atoms with Crippen LogP contribution < -0.4 is 10.3 Å². The topological polar surface area (TPSA) is 71.5 Å². The van der Waals surface area contributed by atoms with Crippen LogP contribution in [0.4, 0.5) is 0 Å². The Labute approximate surface area is 163 Å². The van der Waals surface area contributed by atoms with Crippen LogP contribution in [0.25, 0.3) is 10.9 Å². The first-order valence-electron chi connectivity index (χ1n) is 9.68. The summed E-state index contributed by atoms with van der Waals surface area (Å²) in [5.41, 5.74) is 2.59. The maximum atomic E-state index is 11.5. The fourth-order valence-corrected chi connectivity index (χ4v) is 3.90. The highest BCUT2D eigenvalue weighted by Gasteiger charge is 2.34. The van der Waals surface area contributed by atoms with Gasteiger partial charge in [-0.3, -0.25) is 4.79 Å². The van der Waals surface area contributed by atoms with E-state index in [9.17, 15) is 9.90 Å². The highest BCUT2D eigenvalue weighted by atomic mass is 16.5. The van der Waals surface area contributed by atoms with E-state index >= 15 is 0 Å². The Morgan fingerprint density at radius 1 is 1.14 bits per heavy atom. The summed E-state index contributed by atoms with van der Waals surface area (Å²) in [5.74, 6) is 0.783. The number of aliphatic hydroxyl groups excluding tert-OH is 1. The number of aromatic nitrogens is 1. The molecule has 3 aromatic rings. The number of nitrogens with one attached hydrogen (secondary N) is 1. The normalized spacial score (nSPS) is 17.4. The molecule has 1 aliphatic rings. The molecule has 1 aromatic heterocycles. The smallest absolute Gasteiger partial charge is 0.248 e. The number of ether oxygens (including phenoxy) is 2. The minimum Gasteiger partial charge on any atom is -0.486 e. The van der Waals surface area contributed by atoms with E-state index in [4.69, 9.17) is 9.47 Å². The molecule has 1 unspecified atom stereocenters. The zero-order valence-electron chi connectivity index (χ0n) is 16.0. The zero-order chi connectivity index (χ0) is 19.6. The van der Waals surface area contributed by atoms with Crippen molar-refractivity contribution in [3.05, 3.63) is 76.1 Å². The molecule has 0 bridgehead atoms.